The molecule has 1 amide bonds. The third kappa shape index (κ3) is 4.63. The van der Waals surface area contributed by atoms with Crippen LogP contribution in [0.3, 0.4) is 0 Å². The lowest BCUT2D eigenvalue weighted by Crippen LogP contribution is -2.33. The fraction of sp³-hybridized carbons (Fsp3) is 0.286. The zero-order chi connectivity index (χ0) is 19.0. The Morgan fingerprint density at radius 2 is 1.64 bits per heavy atom. The van der Waals surface area contributed by atoms with E-state index in [-0.39, 0.29) is 22.0 Å². The Hall–Kier alpha value is -1.81. The van der Waals surface area contributed by atoms with Crippen molar-refractivity contribution in [3.8, 4) is 0 Å². The number of thiazole rings is 1. The topological polar surface area (TPSA) is 42.0 Å². The molecule has 0 bridgehead atoms. The van der Waals surface area contributed by atoms with Crippen LogP contribution < -0.4 is 5.32 Å². The SMILES string of the molecule is Cc1nc(NC(=O)c2ccc(Cl)cc2)sc1C(C(F)(F)F)C(F)(F)F. The van der Waals surface area contributed by atoms with Gasteiger partial charge in [0.05, 0.1) is 10.6 Å². The van der Waals surface area contributed by atoms with Gasteiger partial charge in [0.25, 0.3) is 5.91 Å². The second-order valence-corrected chi connectivity index (χ2v) is 6.41. The highest BCUT2D eigenvalue weighted by atomic mass is 35.5. The number of benzene rings is 1. The van der Waals surface area contributed by atoms with Gasteiger partial charge >= 0.3 is 12.4 Å². The number of rotatable bonds is 3. The van der Waals surface area contributed by atoms with Gasteiger partial charge in [-0.15, -0.1) is 11.3 Å². The molecular formula is C14H9ClF6N2OS. The molecule has 0 saturated heterocycles. The van der Waals surface area contributed by atoms with E-state index in [0.29, 0.717) is 5.02 Å². The summed E-state index contributed by atoms with van der Waals surface area (Å²) in [6, 6.07) is 5.54. The van der Waals surface area contributed by atoms with Crippen molar-refractivity contribution in [2.45, 2.75) is 25.2 Å². The fourth-order valence-electron chi connectivity index (χ4n) is 1.98. The van der Waals surface area contributed by atoms with Gasteiger partial charge in [-0.3, -0.25) is 10.1 Å². The van der Waals surface area contributed by atoms with E-state index < -0.39 is 34.7 Å². The number of nitrogens with one attached hydrogen (secondary N) is 1. The molecule has 1 aromatic carbocycles. The second kappa shape index (κ2) is 6.83. The van der Waals surface area contributed by atoms with Crippen molar-refractivity contribution < 1.29 is 31.1 Å². The third-order valence-corrected chi connectivity index (χ3v) is 4.47. The van der Waals surface area contributed by atoms with Crippen molar-refractivity contribution in [2.24, 2.45) is 0 Å². The Kier molecular flexibility index (Phi) is 5.33. The molecule has 1 heterocycles. The summed E-state index contributed by atoms with van der Waals surface area (Å²) in [7, 11) is 0. The number of hydrogen-bond donors (Lipinski definition) is 1. The predicted octanol–water partition coefficient (Wildman–Crippen LogP) is 5.57. The van der Waals surface area contributed by atoms with Crippen molar-refractivity contribution in [3.05, 3.63) is 45.4 Å². The molecule has 0 aliphatic carbocycles. The summed E-state index contributed by atoms with van der Waals surface area (Å²) < 4.78 is 76.9. The highest BCUT2D eigenvalue weighted by molar-refractivity contribution is 7.16. The molecular weight excluding hydrogens is 394 g/mol. The summed E-state index contributed by atoms with van der Waals surface area (Å²) in [5.41, 5.74) is -0.321. The molecule has 136 valence electrons. The number of hydrogen-bond acceptors (Lipinski definition) is 3. The first-order chi connectivity index (χ1) is 11.4. The van der Waals surface area contributed by atoms with E-state index in [2.05, 4.69) is 10.3 Å². The first-order valence-electron chi connectivity index (χ1n) is 6.57. The summed E-state index contributed by atoms with van der Waals surface area (Å²) in [5.74, 6) is -4.38. The van der Waals surface area contributed by atoms with Crippen molar-refractivity contribution in [1.82, 2.24) is 4.98 Å². The molecule has 0 aliphatic heterocycles. The van der Waals surface area contributed by atoms with Crippen LogP contribution in [0.5, 0.6) is 0 Å². The molecule has 2 rings (SSSR count). The van der Waals surface area contributed by atoms with Crippen LogP contribution in [0.4, 0.5) is 31.5 Å². The first kappa shape index (κ1) is 19.5. The van der Waals surface area contributed by atoms with Crippen molar-refractivity contribution in [3.63, 3.8) is 0 Å². The molecule has 0 spiro atoms. The fourth-order valence-corrected chi connectivity index (χ4v) is 3.22. The summed E-state index contributed by atoms with van der Waals surface area (Å²) in [6.07, 6.45) is -11.0. The quantitative estimate of drug-likeness (QED) is 0.682. The maximum Gasteiger partial charge on any atom is 0.405 e. The van der Waals surface area contributed by atoms with Gasteiger partial charge in [0.15, 0.2) is 11.0 Å². The average Bonchev–Trinajstić information content (AvgIpc) is 2.76. The van der Waals surface area contributed by atoms with Crippen molar-refractivity contribution in [1.29, 1.82) is 0 Å². The predicted molar refractivity (Wildman–Crippen MR) is 81.1 cm³/mol. The number of carbonyl (C=O) groups is 1. The molecule has 2 aromatic rings. The molecule has 1 N–H and O–H groups in total. The lowest BCUT2D eigenvalue weighted by atomic mass is 10.1. The average molecular weight is 403 g/mol. The number of nitrogens with zero attached hydrogens (tertiary/aromatic N) is 1. The van der Waals surface area contributed by atoms with E-state index in [4.69, 9.17) is 11.6 Å². The smallest absolute Gasteiger partial charge is 0.298 e. The molecule has 11 heteroatoms. The first-order valence-corrected chi connectivity index (χ1v) is 7.76. The monoisotopic (exact) mass is 402 g/mol. The van der Waals surface area contributed by atoms with Crippen molar-refractivity contribution >= 4 is 34.0 Å². The van der Waals surface area contributed by atoms with E-state index in [1.807, 2.05) is 0 Å². The van der Waals surface area contributed by atoms with E-state index in [9.17, 15) is 31.1 Å². The largest absolute Gasteiger partial charge is 0.405 e. The molecule has 0 fully saturated rings. The summed E-state index contributed by atoms with van der Waals surface area (Å²) in [4.78, 5) is 14.6. The molecule has 0 unspecified atom stereocenters. The van der Waals surface area contributed by atoms with Gasteiger partial charge in [-0.05, 0) is 31.2 Å². The highest BCUT2D eigenvalue weighted by Crippen LogP contribution is 2.49. The maximum atomic E-state index is 12.8. The van der Waals surface area contributed by atoms with Gasteiger partial charge in [0.1, 0.15) is 0 Å². The van der Waals surface area contributed by atoms with Crippen molar-refractivity contribution in [2.75, 3.05) is 5.32 Å². The van der Waals surface area contributed by atoms with Crippen LogP contribution >= 0.6 is 22.9 Å². The number of aromatic nitrogens is 1. The van der Waals surface area contributed by atoms with Crippen LogP contribution in [-0.4, -0.2) is 23.2 Å². The Morgan fingerprint density at radius 1 is 1.12 bits per heavy atom. The Bertz CT molecular complexity index is 755. The van der Waals surface area contributed by atoms with Gasteiger partial charge in [0, 0.05) is 10.6 Å². The summed E-state index contributed by atoms with van der Waals surface area (Å²) >= 11 is 5.80. The number of anilines is 1. The molecule has 1 aromatic heterocycles. The van der Waals surface area contributed by atoms with Gasteiger partial charge in [-0.1, -0.05) is 11.6 Å². The van der Waals surface area contributed by atoms with E-state index >= 15 is 0 Å². The Morgan fingerprint density at radius 3 is 2.12 bits per heavy atom. The Labute approximate surface area is 146 Å². The van der Waals surface area contributed by atoms with Crippen LogP contribution in [0.15, 0.2) is 24.3 Å². The molecule has 0 saturated carbocycles. The molecule has 25 heavy (non-hydrogen) atoms. The Balaban J connectivity index is 2.30. The summed E-state index contributed by atoms with van der Waals surface area (Å²) in [6.45, 7) is 1.02. The second-order valence-electron chi connectivity index (χ2n) is 4.95. The highest BCUT2D eigenvalue weighted by Gasteiger charge is 2.59. The van der Waals surface area contributed by atoms with Gasteiger partial charge in [0.2, 0.25) is 0 Å². The minimum Gasteiger partial charge on any atom is -0.298 e. The van der Waals surface area contributed by atoms with Crippen LogP contribution in [0.25, 0.3) is 0 Å². The number of aryl methyl sites for hydroxylation is 1. The van der Waals surface area contributed by atoms with Crippen LogP contribution in [0, 0.1) is 6.92 Å². The van der Waals surface area contributed by atoms with E-state index in [0.717, 1.165) is 6.92 Å². The minimum atomic E-state index is -5.52. The van der Waals surface area contributed by atoms with E-state index in [1.54, 1.807) is 0 Å². The standard InChI is InChI=1S/C14H9ClF6N2OS/c1-6-9(10(13(16,17)18)14(19,20)21)25-12(22-6)23-11(24)7-2-4-8(15)5-3-7/h2-5,10H,1H3,(H,22,23,24). The molecule has 0 radical (unpaired) electrons. The third-order valence-electron chi connectivity index (χ3n) is 3.08. The van der Waals surface area contributed by atoms with Gasteiger partial charge in [-0.25, -0.2) is 4.98 Å². The van der Waals surface area contributed by atoms with E-state index in [1.165, 1.54) is 24.3 Å². The van der Waals surface area contributed by atoms with Crippen LogP contribution in [0.2, 0.25) is 5.02 Å². The zero-order valence-electron chi connectivity index (χ0n) is 12.3. The molecule has 0 aliphatic rings. The van der Waals surface area contributed by atoms with Crippen LogP contribution in [0.1, 0.15) is 26.8 Å². The van der Waals surface area contributed by atoms with Crippen LogP contribution in [-0.2, 0) is 0 Å². The maximum absolute atomic E-state index is 12.8. The molecule has 3 nitrogen and oxygen atoms in total. The van der Waals surface area contributed by atoms with Gasteiger partial charge in [-0.2, -0.15) is 26.3 Å². The number of alkyl halides is 6. The van der Waals surface area contributed by atoms with Gasteiger partial charge < -0.3 is 0 Å². The summed E-state index contributed by atoms with van der Waals surface area (Å²) in [5, 5.41) is 2.19. The minimum absolute atomic E-state index is 0.127. The lowest BCUT2D eigenvalue weighted by molar-refractivity contribution is -0.252. The number of amides is 1. The lowest BCUT2D eigenvalue weighted by Gasteiger charge is -2.22. The number of halogens is 7. The normalized spacial score (nSPS) is 12.5. The zero-order valence-corrected chi connectivity index (χ0v) is 13.9. The molecule has 0 atom stereocenters. The number of carbonyl (C=O) groups excluding carboxylic acids is 1.